The lowest BCUT2D eigenvalue weighted by molar-refractivity contribution is -0.141. The maximum atomic E-state index is 12.1. The normalized spacial score (nSPS) is 35.1. The third-order valence-corrected chi connectivity index (χ3v) is 4.77. The molecule has 3 rings (SSSR count). The van der Waals surface area contributed by atoms with Crippen LogP contribution < -0.4 is 10.6 Å². The second kappa shape index (κ2) is 4.63. The summed E-state index contributed by atoms with van der Waals surface area (Å²) in [4.78, 5) is 25.8. The van der Waals surface area contributed by atoms with Gasteiger partial charge in [-0.2, -0.15) is 0 Å². The van der Waals surface area contributed by atoms with Gasteiger partial charge in [-0.25, -0.2) is 0 Å². The molecule has 3 aliphatic rings. The van der Waals surface area contributed by atoms with Crippen LogP contribution in [-0.4, -0.2) is 48.9 Å². The van der Waals surface area contributed by atoms with Gasteiger partial charge in [-0.3, -0.25) is 19.8 Å². The smallest absolute Gasteiger partial charge is 0.234 e. The van der Waals surface area contributed by atoms with E-state index >= 15 is 0 Å². The molecule has 5 nitrogen and oxygen atoms in total. The van der Waals surface area contributed by atoms with Gasteiger partial charge in [0.25, 0.3) is 0 Å². The first-order valence-corrected chi connectivity index (χ1v) is 6.99. The average molecular weight is 251 g/mol. The zero-order chi connectivity index (χ0) is 12.6. The van der Waals surface area contributed by atoms with Crippen molar-refractivity contribution in [2.24, 2.45) is 5.41 Å². The molecule has 1 spiro atoms. The Labute approximate surface area is 107 Å². The number of nitrogens with one attached hydrogen (secondary N) is 2. The fourth-order valence-electron chi connectivity index (χ4n) is 3.57. The number of carbonyl (C=O) groups is 2. The SMILES string of the molecule is O=C1CCC2(CCN(C3CCNCC3)C2)C(=O)N1. The molecule has 1 unspecified atom stereocenters. The molecular formula is C13H21N3O2. The highest BCUT2D eigenvalue weighted by Gasteiger charge is 2.48. The van der Waals surface area contributed by atoms with E-state index < -0.39 is 0 Å². The van der Waals surface area contributed by atoms with Gasteiger partial charge in [0.15, 0.2) is 0 Å². The second-order valence-electron chi connectivity index (χ2n) is 5.86. The summed E-state index contributed by atoms with van der Waals surface area (Å²) in [6.45, 7) is 4.01. The van der Waals surface area contributed by atoms with Crippen LogP contribution in [0.4, 0.5) is 0 Å². The third kappa shape index (κ3) is 2.06. The molecule has 3 heterocycles. The van der Waals surface area contributed by atoms with Crippen LogP contribution in [0.25, 0.3) is 0 Å². The Morgan fingerprint density at radius 1 is 1.17 bits per heavy atom. The van der Waals surface area contributed by atoms with Crippen molar-refractivity contribution in [2.75, 3.05) is 26.2 Å². The topological polar surface area (TPSA) is 61.4 Å². The highest BCUT2D eigenvalue weighted by atomic mass is 16.2. The Hall–Kier alpha value is -0.940. The summed E-state index contributed by atoms with van der Waals surface area (Å²) in [6, 6.07) is 0.621. The molecule has 3 saturated heterocycles. The molecule has 0 aromatic heterocycles. The van der Waals surface area contributed by atoms with Gasteiger partial charge < -0.3 is 5.32 Å². The van der Waals surface area contributed by atoms with Crippen molar-refractivity contribution in [2.45, 2.75) is 38.1 Å². The van der Waals surface area contributed by atoms with E-state index in [1.165, 1.54) is 12.8 Å². The minimum absolute atomic E-state index is 0.0322. The Bertz CT molecular complexity index is 365. The van der Waals surface area contributed by atoms with Crippen molar-refractivity contribution >= 4 is 11.8 Å². The van der Waals surface area contributed by atoms with Crippen LogP contribution in [-0.2, 0) is 9.59 Å². The maximum absolute atomic E-state index is 12.1. The number of nitrogens with zero attached hydrogens (tertiary/aromatic N) is 1. The number of hydrogen-bond donors (Lipinski definition) is 2. The van der Waals surface area contributed by atoms with Crippen LogP contribution in [0.15, 0.2) is 0 Å². The highest BCUT2D eigenvalue weighted by molar-refractivity contribution is 6.00. The number of carbonyl (C=O) groups excluding carboxylic acids is 2. The van der Waals surface area contributed by atoms with Gasteiger partial charge in [-0.15, -0.1) is 0 Å². The molecular weight excluding hydrogens is 230 g/mol. The van der Waals surface area contributed by atoms with Gasteiger partial charge in [-0.1, -0.05) is 0 Å². The van der Waals surface area contributed by atoms with Crippen molar-refractivity contribution in [1.29, 1.82) is 0 Å². The molecule has 3 aliphatic heterocycles. The number of imide groups is 1. The minimum atomic E-state index is -0.279. The molecule has 100 valence electrons. The van der Waals surface area contributed by atoms with Gasteiger partial charge in [-0.05, 0) is 45.3 Å². The van der Waals surface area contributed by atoms with Crippen molar-refractivity contribution < 1.29 is 9.59 Å². The lowest BCUT2D eigenvalue weighted by Crippen LogP contribution is -2.51. The highest BCUT2D eigenvalue weighted by Crippen LogP contribution is 2.39. The predicted octanol–water partition coefficient (Wildman–Crippen LogP) is -0.133. The van der Waals surface area contributed by atoms with Crippen LogP contribution in [0.2, 0.25) is 0 Å². The Balaban J connectivity index is 1.66. The number of rotatable bonds is 1. The van der Waals surface area contributed by atoms with Crippen molar-refractivity contribution in [3.8, 4) is 0 Å². The molecule has 0 aromatic rings. The first-order chi connectivity index (χ1) is 8.70. The second-order valence-corrected chi connectivity index (χ2v) is 5.86. The van der Waals surface area contributed by atoms with E-state index in [-0.39, 0.29) is 17.2 Å². The van der Waals surface area contributed by atoms with Gasteiger partial charge >= 0.3 is 0 Å². The van der Waals surface area contributed by atoms with Crippen LogP contribution in [0.3, 0.4) is 0 Å². The van der Waals surface area contributed by atoms with Crippen LogP contribution in [0, 0.1) is 5.41 Å². The molecule has 3 fully saturated rings. The minimum Gasteiger partial charge on any atom is -0.317 e. The standard InChI is InChI=1S/C13H21N3O2/c17-11-1-4-13(12(18)15-11)5-8-16(9-13)10-2-6-14-7-3-10/h10,14H,1-9H2,(H,15,17,18). The molecule has 0 radical (unpaired) electrons. The van der Waals surface area contributed by atoms with Crippen molar-refractivity contribution in [3.05, 3.63) is 0 Å². The fourth-order valence-corrected chi connectivity index (χ4v) is 3.57. The molecule has 0 saturated carbocycles. The van der Waals surface area contributed by atoms with E-state index in [0.717, 1.165) is 39.0 Å². The summed E-state index contributed by atoms with van der Waals surface area (Å²) in [7, 11) is 0. The van der Waals surface area contributed by atoms with Crippen LogP contribution in [0.5, 0.6) is 0 Å². The fraction of sp³-hybridized carbons (Fsp3) is 0.846. The summed E-state index contributed by atoms with van der Waals surface area (Å²) >= 11 is 0. The number of amides is 2. The summed E-state index contributed by atoms with van der Waals surface area (Å²) in [5.41, 5.74) is -0.279. The molecule has 2 N–H and O–H groups in total. The summed E-state index contributed by atoms with van der Waals surface area (Å²) in [5.74, 6) is -0.138. The summed E-state index contributed by atoms with van der Waals surface area (Å²) in [5, 5.41) is 5.89. The van der Waals surface area contributed by atoms with E-state index in [1.807, 2.05) is 0 Å². The van der Waals surface area contributed by atoms with Crippen LogP contribution >= 0.6 is 0 Å². The quantitative estimate of drug-likeness (QED) is 0.637. The van der Waals surface area contributed by atoms with Gasteiger partial charge in [0.1, 0.15) is 0 Å². The molecule has 0 bridgehead atoms. The molecule has 1 atom stereocenters. The molecule has 18 heavy (non-hydrogen) atoms. The van der Waals surface area contributed by atoms with E-state index in [9.17, 15) is 9.59 Å². The zero-order valence-corrected chi connectivity index (χ0v) is 10.7. The number of piperidine rings is 2. The van der Waals surface area contributed by atoms with Crippen molar-refractivity contribution in [3.63, 3.8) is 0 Å². The van der Waals surface area contributed by atoms with E-state index in [4.69, 9.17) is 0 Å². The van der Waals surface area contributed by atoms with E-state index in [1.54, 1.807) is 0 Å². The average Bonchev–Trinajstić information content (AvgIpc) is 2.82. The van der Waals surface area contributed by atoms with E-state index in [2.05, 4.69) is 15.5 Å². The third-order valence-electron chi connectivity index (χ3n) is 4.77. The predicted molar refractivity (Wildman–Crippen MR) is 66.9 cm³/mol. The number of hydrogen-bond acceptors (Lipinski definition) is 4. The molecule has 5 heteroatoms. The maximum Gasteiger partial charge on any atom is 0.234 e. The van der Waals surface area contributed by atoms with E-state index in [0.29, 0.717) is 12.5 Å². The van der Waals surface area contributed by atoms with Gasteiger partial charge in [0, 0.05) is 19.0 Å². The Morgan fingerprint density at radius 3 is 2.67 bits per heavy atom. The zero-order valence-electron chi connectivity index (χ0n) is 10.7. The van der Waals surface area contributed by atoms with Gasteiger partial charge in [0.2, 0.25) is 11.8 Å². The number of likely N-dealkylation sites (tertiary alicyclic amines) is 1. The first kappa shape index (κ1) is 12.1. The first-order valence-electron chi connectivity index (χ1n) is 6.99. The summed E-state index contributed by atoms with van der Waals surface area (Å²) in [6.07, 6.45) is 4.51. The summed E-state index contributed by atoms with van der Waals surface area (Å²) < 4.78 is 0. The molecule has 2 amide bonds. The lowest BCUT2D eigenvalue weighted by Gasteiger charge is -2.35. The van der Waals surface area contributed by atoms with Crippen LogP contribution in [0.1, 0.15) is 32.1 Å². The molecule has 0 aromatic carbocycles. The Kier molecular flexibility index (Phi) is 3.11. The monoisotopic (exact) mass is 251 g/mol. The largest absolute Gasteiger partial charge is 0.317 e. The lowest BCUT2D eigenvalue weighted by atomic mass is 9.79. The Morgan fingerprint density at radius 2 is 1.94 bits per heavy atom. The van der Waals surface area contributed by atoms with Gasteiger partial charge in [0.05, 0.1) is 5.41 Å². The molecule has 0 aliphatic carbocycles. The van der Waals surface area contributed by atoms with Crippen molar-refractivity contribution in [1.82, 2.24) is 15.5 Å².